The summed E-state index contributed by atoms with van der Waals surface area (Å²) in [6.45, 7) is 3.08. The molecule has 2 aliphatic rings. The number of ether oxygens (including phenoxy) is 1. The summed E-state index contributed by atoms with van der Waals surface area (Å²) in [5.41, 5.74) is 1.96. The van der Waals surface area contributed by atoms with Crippen LogP contribution in [0.1, 0.15) is 41.6 Å². The number of anilines is 1. The fraction of sp³-hybridized carbons (Fsp3) is 0.435. The van der Waals surface area contributed by atoms with E-state index in [1.54, 1.807) is 29.6 Å². The van der Waals surface area contributed by atoms with Crippen LogP contribution in [0.25, 0.3) is 0 Å². The van der Waals surface area contributed by atoms with E-state index in [0.717, 1.165) is 50.1 Å². The zero-order chi connectivity index (χ0) is 21.8. The molecule has 2 fully saturated rings. The molecule has 1 amide bonds. The highest BCUT2D eigenvalue weighted by molar-refractivity contribution is 7.89. The first-order valence-electron chi connectivity index (χ1n) is 10.8. The number of amides is 1. The van der Waals surface area contributed by atoms with Crippen LogP contribution >= 0.6 is 0 Å². The minimum absolute atomic E-state index is 0.241. The van der Waals surface area contributed by atoms with Gasteiger partial charge in [-0.1, -0.05) is 12.1 Å². The lowest BCUT2D eigenvalue weighted by atomic mass is 10.1. The molecule has 1 N–H and O–H groups in total. The Morgan fingerprint density at radius 3 is 2.42 bits per heavy atom. The summed E-state index contributed by atoms with van der Waals surface area (Å²) in [7, 11) is -2.04. The summed E-state index contributed by atoms with van der Waals surface area (Å²) in [5, 5.41) is 2.89. The summed E-state index contributed by atoms with van der Waals surface area (Å²) < 4.78 is 33.5. The van der Waals surface area contributed by atoms with Crippen molar-refractivity contribution in [2.45, 2.75) is 37.1 Å². The number of carbonyl (C=O) groups excluding carboxylic acids is 1. The van der Waals surface area contributed by atoms with Crippen LogP contribution in [0, 0.1) is 0 Å². The molecule has 0 saturated carbocycles. The second-order valence-electron chi connectivity index (χ2n) is 8.02. The maximum Gasteiger partial charge on any atom is 0.251 e. The Morgan fingerprint density at radius 2 is 1.71 bits per heavy atom. The summed E-state index contributed by atoms with van der Waals surface area (Å²) in [5.74, 6) is 0.425. The number of sulfonamides is 1. The number of rotatable bonds is 7. The molecule has 0 spiro atoms. The van der Waals surface area contributed by atoms with Gasteiger partial charge in [-0.15, -0.1) is 0 Å². The Labute approximate surface area is 184 Å². The lowest BCUT2D eigenvalue weighted by Gasteiger charge is -2.24. The zero-order valence-electron chi connectivity index (χ0n) is 17.8. The average Bonchev–Trinajstić information content (AvgIpc) is 3.52. The minimum Gasteiger partial charge on any atom is -0.497 e. The molecule has 0 unspecified atom stereocenters. The van der Waals surface area contributed by atoms with E-state index in [0.29, 0.717) is 30.9 Å². The van der Waals surface area contributed by atoms with Crippen LogP contribution in [-0.2, 0) is 16.6 Å². The monoisotopic (exact) mass is 443 g/mol. The van der Waals surface area contributed by atoms with E-state index in [-0.39, 0.29) is 10.8 Å². The van der Waals surface area contributed by atoms with Crippen LogP contribution in [0.5, 0.6) is 5.75 Å². The molecule has 0 aliphatic carbocycles. The van der Waals surface area contributed by atoms with Gasteiger partial charge in [0.2, 0.25) is 10.0 Å². The molecule has 0 aromatic heterocycles. The summed E-state index contributed by atoms with van der Waals surface area (Å²) in [6.07, 6.45) is 3.84. The Morgan fingerprint density at radius 1 is 1.00 bits per heavy atom. The zero-order valence-corrected chi connectivity index (χ0v) is 18.7. The number of benzene rings is 2. The second-order valence-corrected chi connectivity index (χ2v) is 9.93. The largest absolute Gasteiger partial charge is 0.497 e. The first-order valence-corrected chi connectivity index (χ1v) is 12.2. The number of nitrogens with zero attached hydrogens (tertiary/aromatic N) is 2. The highest BCUT2D eigenvalue weighted by Crippen LogP contribution is 2.32. The van der Waals surface area contributed by atoms with E-state index in [1.807, 2.05) is 24.3 Å². The Hall–Kier alpha value is -2.58. The standard InChI is InChI=1S/C23H29N3O4S/c1-30-20-8-6-7-18(15-20)17-24-23(27)19-9-10-21(25-11-2-3-12-25)22(16-19)31(28,29)26-13-4-5-14-26/h6-10,15-16H,2-5,11-14,17H2,1H3,(H,24,27). The van der Waals surface area contributed by atoms with E-state index in [9.17, 15) is 13.2 Å². The minimum atomic E-state index is -3.64. The molecule has 166 valence electrons. The lowest BCUT2D eigenvalue weighted by Crippen LogP contribution is -2.31. The van der Waals surface area contributed by atoms with Crippen molar-refractivity contribution in [2.24, 2.45) is 0 Å². The number of hydrogen-bond acceptors (Lipinski definition) is 5. The predicted molar refractivity (Wildman–Crippen MR) is 120 cm³/mol. The molecule has 8 heteroatoms. The third kappa shape index (κ3) is 4.70. The topological polar surface area (TPSA) is 79.0 Å². The van der Waals surface area contributed by atoms with Gasteiger partial charge in [0, 0.05) is 38.3 Å². The maximum absolute atomic E-state index is 13.4. The van der Waals surface area contributed by atoms with Crippen molar-refractivity contribution >= 4 is 21.6 Å². The first-order chi connectivity index (χ1) is 15.0. The quantitative estimate of drug-likeness (QED) is 0.712. The summed E-state index contributed by atoms with van der Waals surface area (Å²) in [6, 6.07) is 12.5. The molecule has 2 aromatic rings. The van der Waals surface area contributed by atoms with Crippen molar-refractivity contribution in [3.05, 3.63) is 53.6 Å². The average molecular weight is 444 g/mol. The molecule has 0 radical (unpaired) electrons. The molecule has 0 atom stereocenters. The molecular weight excluding hydrogens is 414 g/mol. The van der Waals surface area contributed by atoms with Crippen molar-refractivity contribution in [1.82, 2.24) is 9.62 Å². The van der Waals surface area contributed by atoms with Crippen molar-refractivity contribution in [3.63, 3.8) is 0 Å². The van der Waals surface area contributed by atoms with E-state index in [4.69, 9.17) is 4.74 Å². The van der Waals surface area contributed by atoms with Gasteiger partial charge in [0.05, 0.1) is 12.8 Å². The summed E-state index contributed by atoms with van der Waals surface area (Å²) >= 11 is 0. The number of hydrogen-bond donors (Lipinski definition) is 1. The van der Waals surface area contributed by atoms with Crippen molar-refractivity contribution in [3.8, 4) is 5.75 Å². The smallest absolute Gasteiger partial charge is 0.251 e. The first kappa shape index (κ1) is 21.6. The van der Waals surface area contributed by atoms with Gasteiger partial charge >= 0.3 is 0 Å². The molecule has 4 rings (SSSR count). The van der Waals surface area contributed by atoms with Gasteiger partial charge in [0.1, 0.15) is 10.6 Å². The van der Waals surface area contributed by atoms with Gasteiger partial charge in [-0.25, -0.2) is 8.42 Å². The molecule has 7 nitrogen and oxygen atoms in total. The number of methoxy groups -OCH3 is 1. The fourth-order valence-electron chi connectivity index (χ4n) is 4.22. The maximum atomic E-state index is 13.4. The van der Waals surface area contributed by atoms with Gasteiger partial charge in [0.25, 0.3) is 5.91 Å². The van der Waals surface area contributed by atoms with Crippen LogP contribution in [0.4, 0.5) is 5.69 Å². The molecule has 31 heavy (non-hydrogen) atoms. The SMILES string of the molecule is COc1cccc(CNC(=O)c2ccc(N3CCCC3)c(S(=O)(=O)N3CCCC3)c2)c1. The third-order valence-corrected chi connectivity index (χ3v) is 7.87. The molecule has 2 aliphatic heterocycles. The van der Waals surface area contributed by atoms with E-state index in [1.165, 1.54) is 0 Å². The lowest BCUT2D eigenvalue weighted by molar-refractivity contribution is 0.0950. The number of carbonyl (C=O) groups is 1. The molecule has 2 saturated heterocycles. The molecule has 0 bridgehead atoms. The molecule has 2 heterocycles. The molecular formula is C23H29N3O4S. The van der Waals surface area contributed by atoms with Gasteiger partial charge in [0.15, 0.2) is 0 Å². The van der Waals surface area contributed by atoms with Crippen molar-refractivity contribution in [1.29, 1.82) is 0 Å². The second kappa shape index (κ2) is 9.28. The Balaban J connectivity index is 1.60. The third-order valence-electron chi connectivity index (χ3n) is 5.94. The van der Waals surface area contributed by atoms with E-state index in [2.05, 4.69) is 10.2 Å². The highest BCUT2D eigenvalue weighted by atomic mass is 32.2. The van der Waals surface area contributed by atoms with Crippen LogP contribution in [0.2, 0.25) is 0 Å². The fourth-order valence-corrected chi connectivity index (χ4v) is 5.97. The number of nitrogens with one attached hydrogen (secondary N) is 1. The van der Waals surface area contributed by atoms with Gasteiger partial charge in [-0.2, -0.15) is 4.31 Å². The van der Waals surface area contributed by atoms with Crippen LogP contribution in [0.15, 0.2) is 47.4 Å². The Kier molecular flexibility index (Phi) is 6.48. The normalized spacial score (nSPS) is 17.1. The van der Waals surface area contributed by atoms with Crippen molar-refractivity contribution in [2.75, 3.05) is 38.2 Å². The summed E-state index contributed by atoms with van der Waals surface area (Å²) in [4.78, 5) is 15.2. The van der Waals surface area contributed by atoms with E-state index >= 15 is 0 Å². The van der Waals surface area contributed by atoms with Crippen LogP contribution in [-0.4, -0.2) is 51.9 Å². The van der Waals surface area contributed by atoms with Crippen LogP contribution in [0.3, 0.4) is 0 Å². The predicted octanol–water partition coefficient (Wildman–Crippen LogP) is 3.01. The highest BCUT2D eigenvalue weighted by Gasteiger charge is 2.32. The van der Waals surface area contributed by atoms with Crippen LogP contribution < -0.4 is 15.0 Å². The van der Waals surface area contributed by atoms with Gasteiger partial charge in [-0.3, -0.25) is 4.79 Å². The van der Waals surface area contributed by atoms with Crippen molar-refractivity contribution < 1.29 is 17.9 Å². The van der Waals surface area contributed by atoms with Gasteiger partial charge < -0.3 is 15.0 Å². The Bertz CT molecular complexity index is 1040. The van der Waals surface area contributed by atoms with Gasteiger partial charge in [-0.05, 0) is 61.6 Å². The van der Waals surface area contributed by atoms with E-state index < -0.39 is 10.0 Å². The molecule has 2 aromatic carbocycles.